The number of likely N-dealkylation sites (N-methyl/N-ethyl adjacent to an activating group) is 1. The van der Waals surface area contributed by atoms with E-state index in [4.69, 9.17) is 4.74 Å². The molecule has 0 aliphatic carbocycles. The van der Waals surface area contributed by atoms with Crippen LogP contribution < -0.4 is 5.73 Å². The standard InChI is InChI=1S/C10H8.C8H17NO2.CH5N/c1-2-6-10-8-4-3-7-9(10)5-1;1-4-9(5-2)6-7-11-8(3)10;1-2/h1-8H;4-7H2,1-3H3;2H2,1H3. The summed E-state index contributed by atoms with van der Waals surface area (Å²) in [5.74, 6) is -0.197. The van der Waals surface area contributed by atoms with E-state index in [1.165, 1.54) is 24.7 Å². The lowest BCUT2D eigenvalue weighted by Crippen LogP contribution is -2.27. The van der Waals surface area contributed by atoms with Gasteiger partial charge in [0.2, 0.25) is 0 Å². The van der Waals surface area contributed by atoms with Crippen LogP contribution in [0.25, 0.3) is 10.8 Å². The first-order valence-corrected chi connectivity index (χ1v) is 8.04. The zero-order valence-corrected chi connectivity index (χ0v) is 14.8. The highest BCUT2D eigenvalue weighted by molar-refractivity contribution is 5.82. The Balaban J connectivity index is 0.000000380. The van der Waals surface area contributed by atoms with E-state index in [0.717, 1.165) is 19.6 Å². The van der Waals surface area contributed by atoms with Gasteiger partial charge in [0, 0.05) is 13.5 Å². The van der Waals surface area contributed by atoms with Gasteiger partial charge in [-0.3, -0.25) is 4.79 Å². The van der Waals surface area contributed by atoms with Crippen molar-refractivity contribution in [2.75, 3.05) is 33.3 Å². The van der Waals surface area contributed by atoms with Crippen LogP contribution >= 0.6 is 0 Å². The Morgan fingerprint density at radius 3 is 1.65 bits per heavy atom. The van der Waals surface area contributed by atoms with Crippen LogP contribution in [0.5, 0.6) is 0 Å². The molecule has 2 aromatic carbocycles. The van der Waals surface area contributed by atoms with Crippen molar-refractivity contribution in [3.8, 4) is 0 Å². The van der Waals surface area contributed by atoms with E-state index < -0.39 is 0 Å². The number of benzene rings is 2. The van der Waals surface area contributed by atoms with Gasteiger partial charge in [-0.1, -0.05) is 62.4 Å². The second-order valence-electron chi connectivity index (χ2n) is 4.71. The minimum absolute atomic E-state index is 0.197. The highest BCUT2D eigenvalue weighted by Gasteiger charge is 1.98. The molecule has 0 bridgehead atoms. The molecule has 0 aliphatic heterocycles. The summed E-state index contributed by atoms with van der Waals surface area (Å²) >= 11 is 0. The van der Waals surface area contributed by atoms with Crippen LogP contribution in [0.4, 0.5) is 0 Å². The third-order valence-electron chi connectivity index (χ3n) is 3.27. The summed E-state index contributed by atoms with van der Waals surface area (Å²) in [6.45, 7) is 9.00. The monoisotopic (exact) mass is 318 g/mol. The van der Waals surface area contributed by atoms with Gasteiger partial charge in [-0.2, -0.15) is 0 Å². The molecule has 23 heavy (non-hydrogen) atoms. The fraction of sp³-hybridized carbons (Fsp3) is 0.421. The van der Waals surface area contributed by atoms with Gasteiger partial charge in [0.25, 0.3) is 0 Å². The average Bonchev–Trinajstić information content (AvgIpc) is 2.61. The largest absolute Gasteiger partial charge is 0.465 e. The summed E-state index contributed by atoms with van der Waals surface area (Å²) in [6.07, 6.45) is 0. The van der Waals surface area contributed by atoms with Gasteiger partial charge in [0.1, 0.15) is 6.61 Å². The minimum Gasteiger partial charge on any atom is -0.465 e. The number of nitrogens with two attached hydrogens (primary N) is 1. The second kappa shape index (κ2) is 13.7. The van der Waals surface area contributed by atoms with Crippen LogP contribution in [0, 0.1) is 0 Å². The van der Waals surface area contributed by atoms with Crippen molar-refractivity contribution in [1.82, 2.24) is 4.90 Å². The summed E-state index contributed by atoms with van der Waals surface area (Å²) in [6, 6.07) is 16.7. The molecule has 0 aliphatic rings. The van der Waals surface area contributed by atoms with Gasteiger partial charge in [-0.25, -0.2) is 0 Å². The lowest BCUT2D eigenvalue weighted by atomic mass is 10.1. The Bertz CT molecular complexity index is 474. The van der Waals surface area contributed by atoms with Crippen LogP contribution in [0.15, 0.2) is 48.5 Å². The minimum atomic E-state index is -0.197. The highest BCUT2D eigenvalue weighted by atomic mass is 16.5. The molecule has 0 atom stereocenters. The summed E-state index contributed by atoms with van der Waals surface area (Å²) in [7, 11) is 1.50. The van der Waals surface area contributed by atoms with Crippen molar-refractivity contribution in [2.24, 2.45) is 5.73 Å². The highest BCUT2D eigenvalue weighted by Crippen LogP contribution is 2.11. The Kier molecular flexibility index (Phi) is 12.6. The molecule has 0 saturated carbocycles. The number of hydrogen-bond donors (Lipinski definition) is 1. The molecule has 0 aromatic heterocycles. The van der Waals surface area contributed by atoms with Crippen molar-refractivity contribution in [1.29, 1.82) is 0 Å². The summed E-state index contributed by atoms with van der Waals surface area (Å²) in [5, 5.41) is 2.62. The van der Waals surface area contributed by atoms with E-state index in [1.54, 1.807) is 0 Å². The summed E-state index contributed by atoms with van der Waals surface area (Å²) in [4.78, 5) is 12.6. The zero-order valence-electron chi connectivity index (χ0n) is 14.8. The fourth-order valence-corrected chi connectivity index (χ4v) is 1.99. The number of fused-ring (bicyclic) bond motifs is 1. The van der Waals surface area contributed by atoms with Crippen LogP contribution in [0.3, 0.4) is 0 Å². The Morgan fingerprint density at radius 2 is 1.35 bits per heavy atom. The molecule has 0 amide bonds. The summed E-state index contributed by atoms with van der Waals surface area (Å²) < 4.78 is 4.80. The molecule has 2 rings (SSSR count). The third kappa shape index (κ3) is 9.66. The topological polar surface area (TPSA) is 55.6 Å². The number of rotatable bonds is 5. The number of ether oxygens (including phenoxy) is 1. The van der Waals surface area contributed by atoms with Gasteiger partial charge >= 0.3 is 5.97 Å². The van der Waals surface area contributed by atoms with E-state index >= 15 is 0 Å². The molecular weight excluding hydrogens is 288 g/mol. The van der Waals surface area contributed by atoms with Crippen LogP contribution in [-0.2, 0) is 9.53 Å². The maximum atomic E-state index is 10.4. The van der Waals surface area contributed by atoms with E-state index in [2.05, 4.69) is 73.0 Å². The predicted molar refractivity (Wildman–Crippen MR) is 98.5 cm³/mol. The van der Waals surface area contributed by atoms with E-state index in [1.807, 2.05) is 0 Å². The number of carbonyl (C=O) groups excluding carboxylic acids is 1. The number of nitrogens with zero attached hydrogens (tertiary/aromatic N) is 1. The maximum absolute atomic E-state index is 10.4. The van der Waals surface area contributed by atoms with Crippen LogP contribution in [0.2, 0.25) is 0 Å². The Labute approximate surface area is 140 Å². The Hall–Kier alpha value is -1.91. The molecule has 4 nitrogen and oxygen atoms in total. The van der Waals surface area contributed by atoms with Crippen molar-refractivity contribution in [3.05, 3.63) is 48.5 Å². The lowest BCUT2D eigenvalue weighted by Gasteiger charge is -2.16. The van der Waals surface area contributed by atoms with E-state index in [9.17, 15) is 4.79 Å². The molecule has 4 heteroatoms. The van der Waals surface area contributed by atoms with E-state index in [-0.39, 0.29) is 5.97 Å². The van der Waals surface area contributed by atoms with E-state index in [0.29, 0.717) is 6.61 Å². The molecule has 0 fully saturated rings. The molecule has 0 radical (unpaired) electrons. The zero-order chi connectivity index (χ0) is 17.5. The van der Waals surface area contributed by atoms with Gasteiger partial charge in [-0.15, -0.1) is 0 Å². The molecular formula is C19H30N2O2. The van der Waals surface area contributed by atoms with Crippen molar-refractivity contribution < 1.29 is 9.53 Å². The van der Waals surface area contributed by atoms with Gasteiger partial charge < -0.3 is 15.4 Å². The number of esters is 1. The van der Waals surface area contributed by atoms with Crippen molar-refractivity contribution in [3.63, 3.8) is 0 Å². The first-order valence-electron chi connectivity index (χ1n) is 8.04. The average molecular weight is 318 g/mol. The van der Waals surface area contributed by atoms with Gasteiger partial charge in [0.15, 0.2) is 0 Å². The smallest absolute Gasteiger partial charge is 0.302 e. The van der Waals surface area contributed by atoms with Crippen molar-refractivity contribution >= 4 is 16.7 Å². The van der Waals surface area contributed by atoms with Gasteiger partial charge in [0.05, 0.1) is 0 Å². The number of carbonyl (C=O) groups is 1. The molecule has 0 unspecified atom stereocenters. The molecule has 128 valence electrons. The van der Waals surface area contributed by atoms with Crippen LogP contribution in [-0.4, -0.2) is 44.2 Å². The molecule has 2 N–H and O–H groups in total. The third-order valence-corrected chi connectivity index (χ3v) is 3.27. The number of hydrogen-bond acceptors (Lipinski definition) is 4. The molecule has 0 heterocycles. The quantitative estimate of drug-likeness (QED) is 0.859. The first kappa shape index (κ1) is 21.1. The Morgan fingerprint density at radius 1 is 0.957 bits per heavy atom. The molecule has 0 spiro atoms. The van der Waals surface area contributed by atoms with Gasteiger partial charge in [-0.05, 0) is 30.9 Å². The van der Waals surface area contributed by atoms with Crippen LogP contribution in [0.1, 0.15) is 20.8 Å². The normalized spacial score (nSPS) is 9.48. The molecule has 0 saturated heterocycles. The second-order valence-corrected chi connectivity index (χ2v) is 4.71. The SMILES string of the molecule is CCN(CC)CCOC(C)=O.CN.c1ccc2ccccc2c1. The fourth-order valence-electron chi connectivity index (χ4n) is 1.99. The molecule has 2 aromatic rings. The predicted octanol–water partition coefficient (Wildman–Crippen LogP) is 3.31. The maximum Gasteiger partial charge on any atom is 0.302 e. The van der Waals surface area contributed by atoms with Crippen molar-refractivity contribution in [2.45, 2.75) is 20.8 Å². The first-order chi connectivity index (χ1) is 11.2. The lowest BCUT2D eigenvalue weighted by molar-refractivity contribution is -0.141. The summed E-state index contributed by atoms with van der Waals surface area (Å²) in [5.41, 5.74) is 4.50.